The van der Waals surface area contributed by atoms with Gasteiger partial charge in [0.25, 0.3) is 11.1 Å². The van der Waals surface area contributed by atoms with Crippen molar-refractivity contribution in [2.24, 2.45) is 0 Å². The van der Waals surface area contributed by atoms with E-state index in [-0.39, 0.29) is 5.91 Å². The molecule has 0 aliphatic heterocycles. The van der Waals surface area contributed by atoms with Gasteiger partial charge in [-0.25, -0.2) is 9.97 Å². The van der Waals surface area contributed by atoms with E-state index in [0.29, 0.717) is 22.8 Å². The van der Waals surface area contributed by atoms with Crippen LogP contribution >= 0.6 is 43.5 Å². The standard InChI is InChI=1S/C15H15BrN2O.C8H12N2.C7H4BrClO/c1-2-3-11-8-9-17-14(10-11)18-15(19)12-4-6-13(16)7-5-12;1-2-3-7-4-5-10-8(9)6-7;8-6-3-1-5(2-4-6)7(9)10/h4-10H,2-3H2,1H3,(H,17,18,19);4-6H,2-3H2,1H3,(H2,9,10);1-4H. The number of hydrogen-bond acceptors (Lipinski definition) is 5. The van der Waals surface area contributed by atoms with Crippen LogP contribution in [0.25, 0.3) is 0 Å². The third kappa shape index (κ3) is 12.6. The molecular weight excluding hydrogens is 644 g/mol. The van der Waals surface area contributed by atoms with Crippen molar-refractivity contribution in [2.75, 3.05) is 11.1 Å². The van der Waals surface area contributed by atoms with Crippen molar-refractivity contribution in [1.29, 1.82) is 0 Å². The molecule has 4 aromatic rings. The Kier molecular flexibility index (Phi) is 14.4. The van der Waals surface area contributed by atoms with Gasteiger partial charge in [0.1, 0.15) is 11.6 Å². The van der Waals surface area contributed by atoms with Gasteiger partial charge in [-0.2, -0.15) is 0 Å². The zero-order valence-corrected chi connectivity index (χ0v) is 25.8. The number of nitrogens with one attached hydrogen (secondary N) is 1. The second-order valence-electron chi connectivity index (χ2n) is 8.38. The Hall–Kier alpha value is -3.07. The lowest BCUT2D eigenvalue weighted by Crippen LogP contribution is -2.12. The van der Waals surface area contributed by atoms with E-state index in [1.807, 2.05) is 36.4 Å². The molecule has 0 fully saturated rings. The normalized spacial score (nSPS) is 9.87. The average molecular weight is 675 g/mol. The number of halogens is 3. The van der Waals surface area contributed by atoms with E-state index in [9.17, 15) is 9.59 Å². The molecule has 0 atom stereocenters. The summed E-state index contributed by atoms with van der Waals surface area (Å²) in [4.78, 5) is 30.6. The molecule has 1 amide bonds. The first-order chi connectivity index (χ1) is 18.7. The first kappa shape index (κ1) is 32.1. The number of hydrogen-bond donors (Lipinski definition) is 2. The Morgan fingerprint density at radius 1 is 0.769 bits per heavy atom. The molecular formula is C30H31Br2ClN4O2. The van der Waals surface area contributed by atoms with Crippen molar-refractivity contribution < 1.29 is 9.59 Å². The Morgan fingerprint density at radius 3 is 1.74 bits per heavy atom. The number of pyridine rings is 2. The molecule has 2 aromatic carbocycles. The van der Waals surface area contributed by atoms with Crippen LogP contribution in [0.2, 0.25) is 0 Å². The van der Waals surface area contributed by atoms with Crippen molar-refractivity contribution in [3.8, 4) is 0 Å². The molecule has 4 rings (SSSR count). The van der Waals surface area contributed by atoms with Crippen LogP contribution in [0.15, 0.2) is 94.1 Å². The monoisotopic (exact) mass is 672 g/mol. The number of nitrogen functional groups attached to an aromatic ring is 1. The number of nitrogens with zero attached hydrogens (tertiary/aromatic N) is 2. The number of aromatic nitrogens is 2. The van der Waals surface area contributed by atoms with Gasteiger partial charge < -0.3 is 11.1 Å². The van der Waals surface area contributed by atoms with Gasteiger partial charge in [0, 0.05) is 32.5 Å². The predicted octanol–water partition coefficient (Wildman–Crippen LogP) is 8.49. The fourth-order valence-corrected chi connectivity index (χ4v) is 3.95. The van der Waals surface area contributed by atoms with Crippen LogP contribution in [0.3, 0.4) is 0 Å². The fourth-order valence-electron chi connectivity index (χ4n) is 3.30. The van der Waals surface area contributed by atoms with Gasteiger partial charge in [-0.3, -0.25) is 9.59 Å². The number of benzene rings is 2. The number of nitrogens with two attached hydrogens (primary N) is 1. The van der Waals surface area contributed by atoms with E-state index in [1.54, 1.807) is 48.8 Å². The predicted molar refractivity (Wildman–Crippen MR) is 167 cm³/mol. The molecule has 0 unspecified atom stereocenters. The van der Waals surface area contributed by atoms with Gasteiger partial charge >= 0.3 is 0 Å². The highest BCUT2D eigenvalue weighted by Crippen LogP contribution is 2.14. The van der Waals surface area contributed by atoms with E-state index in [4.69, 9.17) is 17.3 Å². The maximum absolute atomic E-state index is 12.0. The summed E-state index contributed by atoms with van der Waals surface area (Å²) in [5.41, 5.74) is 9.07. The van der Waals surface area contributed by atoms with E-state index in [2.05, 4.69) is 61.0 Å². The minimum absolute atomic E-state index is 0.145. The summed E-state index contributed by atoms with van der Waals surface area (Å²) in [5.74, 6) is 1.07. The molecule has 39 heavy (non-hydrogen) atoms. The third-order valence-electron chi connectivity index (χ3n) is 5.17. The smallest absolute Gasteiger partial charge is 0.256 e. The summed E-state index contributed by atoms with van der Waals surface area (Å²) >= 11 is 11.8. The minimum Gasteiger partial charge on any atom is -0.384 e. The van der Waals surface area contributed by atoms with Crippen molar-refractivity contribution in [1.82, 2.24) is 9.97 Å². The molecule has 0 radical (unpaired) electrons. The summed E-state index contributed by atoms with van der Waals surface area (Å²) in [7, 11) is 0. The number of aryl methyl sites for hydroxylation is 2. The largest absolute Gasteiger partial charge is 0.384 e. The molecule has 0 aliphatic rings. The van der Waals surface area contributed by atoms with Gasteiger partial charge in [-0.15, -0.1) is 0 Å². The topological polar surface area (TPSA) is 98.0 Å². The van der Waals surface area contributed by atoms with Gasteiger partial charge in [-0.05, 0) is 108 Å². The van der Waals surface area contributed by atoms with Crippen LogP contribution in [-0.2, 0) is 12.8 Å². The van der Waals surface area contributed by atoms with Crippen LogP contribution in [0, 0.1) is 0 Å². The first-order valence-corrected chi connectivity index (χ1v) is 14.4. The lowest BCUT2D eigenvalue weighted by atomic mass is 10.1. The summed E-state index contributed by atoms with van der Waals surface area (Å²) in [5, 5.41) is 2.39. The number of carbonyl (C=O) groups excluding carboxylic acids is 2. The Bertz CT molecular complexity index is 1330. The molecule has 0 aliphatic carbocycles. The molecule has 6 nitrogen and oxygen atoms in total. The molecule has 0 bridgehead atoms. The fraction of sp³-hybridized carbons (Fsp3) is 0.200. The summed E-state index contributed by atoms with van der Waals surface area (Å²) < 4.78 is 1.89. The zero-order chi connectivity index (χ0) is 28.6. The van der Waals surface area contributed by atoms with Crippen LogP contribution in [0.1, 0.15) is 58.5 Å². The highest BCUT2D eigenvalue weighted by atomic mass is 79.9. The Morgan fingerprint density at radius 2 is 1.26 bits per heavy atom. The van der Waals surface area contributed by atoms with Crippen LogP contribution in [0.5, 0.6) is 0 Å². The molecule has 0 saturated heterocycles. The number of anilines is 2. The quantitative estimate of drug-likeness (QED) is 0.192. The second kappa shape index (κ2) is 17.5. The molecule has 0 spiro atoms. The maximum Gasteiger partial charge on any atom is 0.256 e. The summed E-state index contributed by atoms with van der Waals surface area (Å²) in [6.07, 6.45) is 7.78. The lowest BCUT2D eigenvalue weighted by molar-refractivity contribution is 0.102. The molecule has 2 heterocycles. The Balaban J connectivity index is 0.000000225. The van der Waals surface area contributed by atoms with Crippen molar-refractivity contribution in [2.45, 2.75) is 39.5 Å². The van der Waals surface area contributed by atoms with Crippen LogP contribution < -0.4 is 11.1 Å². The maximum atomic E-state index is 12.0. The molecule has 9 heteroatoms. The summed E-state index contributed by atoms with van der Waals surface area (Å²) in [6, 6.07) is 21.9. The van der Waals surface area contributed by atoms with E-state index >= 15 is 0 Å². The number of carbonyl (C=O) groups is 2. The molecule has 0 saturated carbocycles. The van der Waals surface area contributed by atoms with Gasteiger partial charge in [-0.1, -0.05) is 58.5 Å². The Labute approximate surface area is 251 Å². The van der Waals surface area contributed by atoms with E-state index < -0.39 is 5.24 Å². The number of amides is 1. The highest BCUT2D eigenvalue weighted by Gasteiger charge is 2.07. The SMILES string of the molecule is CCCc1ccnc(N)c1.CCCc1ccnc(NC(=O)c2ccc(Br)cc2)c1.O=C(Cl)c1ccc(Br)cc1. The minimum atomic E-state index is -0.424. The van der Waals surface area contributed by atoms with Crippen LogP contribution in [-0.4, -0.2) is 21.1 Å². The highest BCUT2D eigenvalue weighted by molar-refractivity contribution is 9.10. The lowest BCUT2D eigenvalue weighted by Gasteiger charge is -2.06. The third-order valence-corrected chi connectivity index (χ3v) is 6.44. The molecule has 204 valence electrons. The molecule has 2 aromatic heterocycles. The van der Waals surface area contributed by atoms with Crippen molar-refractivity contribution in [3.63, 3.8) is 0 Å². The van der Waals surface area contributed by atoms with E-state index in [0.717, 1.165) is 34.6 Å². The van der Waals surface area contributed by atoms with Crippen LogP contribution in [0.4, 0.5) is 11.6 Å². The van der Waals surface area contributed by atoms with E-state index in [1.165, 1.54) is 11.1 Å². The molecule has 3 N–H and O–H groups in total. The first-order valence-electron chi connectivity index (χ1n) is 12.4. The second-order valence-corrected chi connectivity index (χ2v) is 10.6. The van der Waals surface area contributed by atoms with Crippen molar-refractivity contribution >= 4 is 66.2 Å². The number of rotatable bonds is 7. The van der Waals surface area contributed by atoms with Gasteiger partial charge in [0.2, 0.25) is 0 Å². The van der Waals surface area contributed by atoms with Crippen molar-refractivity contribution in [3.05, 3.63) is 116 Å². The average Bonchev–Trinajstić information content (AvgIpc) is 2.91. The van der Waals surface area contributed by atoms with Gasteiger partial charge in [0.15, 0.2) is 0 Å². The van der Waals surface area contributed by atoms with Gasteiger partial charge in [0.05, 0.1) is 0 Å². The summed E-state index contributed by atoms with van der Waals surface area (Å²) in [6.45, 7) is 4.27. The zero-order valence-electron chi connectivity index (χ0n) is 21.8.